The maximum Gasteiger partial charge on any atom is 0.329 e. The molecule has 0 fully saturated rings. The minimum absolute atomic E-state index is 0.322. The number of nitrogens with one attached hydrogen (secondary N) is 2. The van der Waals surface area contributed by atoms with Crippen LogP contribution in [0, 0.1) is 0 Å². The standard InChI is InChI=1S/C13H17BrN2O3/c1-3-13(4-2,11(17)18)16-12(19)15-10-8-6-5-7-9(10)14/h5-8H,3-4H2,1-2H3,(H,17,18)(H2,15,16,19). The average molecular weight is 329 g/mol. The van der Waals surface area contributed by atoms with Crippen molar-refractivity contribution >= 4 is 33.6 Å². The monoisotopic (exact) mass is 328 g/mol. The predicted molar refractivity (Wildman–Crippen MR) is 77.2 cm³/mol. The van der Waals surface area contributed by atoms with Crippen molar-refractivity contribution < 1.29 is 14.7 Å². The quantitative estimate of drug-likeness (QED) is 0.776. The molecule has 0 bridgehead atoms. The number of para-hydroxylation sites is 1. The Morgan fingerprint density at radius 3 is 2.32 bits per heavy atom. The van der Waals surface area contributed by atoms with E-state index in [9.17, 15) is 14.7 Å². The number of urea groups is 1. The Morgan fingerprint density at radius 2 is 1.84 bits per heavy atom. The fourth-order valence-electron chi connectivity index (χ4n) is 1.72. The molecular weight excluding hydrogens is 312 g/mol. The summed E-state index contributed by atoms with van der Waals surface area (Å²) in [6.45, 7) is 3.46. The lowest BCUT2D eigenvalue weighted by molar-refractivity contribution is -0.144. The van der Waals surface area contributed by atoms with Crippen LogP contribution < -0.4 is 10.6 Å². The zero-order valence-electron chi connectivity index (χ0n) is 10.9. The second-order valence-corrected chi connectivity index (χ2v) is 5.01. The Hall–Kier alpha value is -1.56. The van der Waals surface area contributed by atoms with Gasteiger partial charge in [-0.3, -0.25) is 0 Å². The highest BCUT2D eigenvalue weighted by molar-refractivity contribution is 9.10. The van der Waals surface area contributed by atoms with Crippen molar-refractivity contribution in [1.82, 2.24) is 5.32 Å². The van der Waals surface area contributed by atoms with E-state index in [4.69, 9.17) is 0 Å². The van der Waals surface area contributed by atoms with Gasteiger partial charge in [0.05, 0.1) is 5.69 Å². The summed E-state index contributed by atoms with van der Waals surface area (Å²) in [6, 6.07) is 6.60. The minimum atomic E-state index is -1.23. The topological polar surface area (TPSA) is 78.4 Å². The molecule has 0 radical (unpaired) electrons. The molecule has 1 aromatic carbocycles. The molecule has 0 aliphatic rings. The molecule has 0 saturated heterocycles. The molecule has 0 aliphatic heterocycles. The number of carboxylic acids is 1. The zero-order valence-corrected chi connectivity index (χ0v) is 12.5. The van der Waals surface area contributed by atoms with E-state index in [0.29, 0.717) is 18.5 Å². The number of halogens is 1. The predicted octanol–water partition coefficient (Wildman–Crippen LogP) is 3.21. The Kier molecular flexibility index (Phi) is 5.35. The number of benzene rings is 1. The van der Waals surface area contributed by atoms with Crippen molar-refractivity contribution in [3.63, 3.8) is 0 Å². The highest BCUT2D eigenvalue weighted by Crippen LogP contribution is 2.22. The molecule has 3 N–H and O–H groups in total. The number of anilines is 1. The molecule has 0 saturated carbocycles. The van der Waals surface area contributed by atoms with E-state index in [2.05, 4.69) is 26.6 Å². The van der Waals surface area contributed by atoms with E-state index < -0.39 is 17.5 Å². The van der Waals surface area contributed by atoms with Gasteiger partial charge in [0.15, 0.2) is 0 Å². The first kappa shape index (κ1) is 15.5. The Bertz CT molecular complexity index is 473. The first-order valence-corrected chi connectivity index (χ1v) is 6.81. The van der Waals surface area contributed by atoms with Gasteiger partial charge in [0, 0.05) is 4.47 Å². The average Bonchev–Trinajstić information content (AvgIpc) is 2.38. The number of carbonyl (C=O) groups is 2. The van der Waals surface area contributed by atoms with Gasteiger partial charge >= 0.3 is 12.0 Å². The van der Waals surface area contributed by atoms with Gasteiger partial charge in [0.1, 0.15) is 5.54 Å². The number of hydrogen-bond donors (Lipinski definition) is 3. The summed E-state index contributed by atoms with van der Waals surface area (Å²) in [5, 5.41) is 14.4. The van der Waals surface area contributed by atoms with Crippen molar-refractivity contribution in [3.8, 4) is 0 Å². The molecule has 2 amide bonds. The third-order valence-corrected chi connectivity index (χ3v) is 3.78. The molecule has 19 heavy (non-hydrogen) atoms. The van der Waals surface area contributed by atoms with Gasteiger partial charge < -0.3 is 15.7 Å². The molecule has 0 aliphatic carbocycles. The van der Waals surface area contributed by atoms with Crippen LogP contribution in [-0.2, 0) is 4.79 Å². The van der Waals surface area contributed by atoms with E-state index in [1.165, 1.54) is 0 Å². The van der Waals surface area contributed by atoms with Crippen LogP contribution in [0.3, 0.4) is 0 Å². The zero-order chi connectivity index (χ0) is 14.5. The minimum Gasteiger partial charge on any atom is -0.480 e. The molecule has 1 rings (SSSR count). The van der Waals surface area contributed by atoms with Crippen LogP contribution in [0.15, 0.2) is 28.7 Å². The number of aliphatic carboxylic acids is 1. The maximum absolute atomic E-state index is 11.9. The van der Waals surface area contributed by atoms with E-state index >= 15 is 0 Å². The van der Waals surface area contributed by atoms with Crippen LogP contribution >= 0.6 is 15.9 Å². The van der Waals surface area contributed by atoms with Gasteiger partial charge in [-0.1, -0.05) is 26.0 Å². The van der Waals surface area contributed by atoms with E-state index in [0.717, 1.165) is 4.47 Å². The molecule has 5 nitrogen and oxygen atoms in total. The SMILES string of the molecule is CCC(CC)(NC(=O)Nc1ccccc1Br)C(=O)O. The number of carbonyl (C=O) groups excluding carboxylic acids is 1. The Labute approximate surface area is 120 Å². The molecule has 0 spiro atoms. The first-order valence-electron chi connectivity index (χ1n) is 6.02. The highest BCUT2D eigenvalue weighted by Gasteiger charge is 2.36. The van der Waals surface area contributed by atoms with Gasteiger partial charge in [-0.15, -0.1) is 0 Å². The fraction of sp³-hybridized carbons (Fsp3) is 0.385. The van der Waals surface area contributed by atoms with Gasteiger partial charge in [0.2, 0.25) is 0 Å². The molecule has 0 aromatic heterocycles. The fourth-order valence-corrected chi connectivity index (χ4v) is 2.10. The van der Waals surface area contributed by atoms with Crippen LogP contribution in [0.4, 0.5) is 10.5 Å². The lowest BCUT2D eigenvalue weighted by Gasteiger charge is -2.28. The van der Waals surface area contributed by atoms with Crippen LogP contribution in [0.2, 0.25) is 0 Å². The maximum atomic E-state index is 11.9. The number of rotatable bonds is 5. The van der Waals surface area contributed by atoms with Crippen LogP contribution in [0.5, 0.6) is 0 Å². The van der Waals surface area contributed by atoms with Crippen LogP contribution in [0.25, 0.3) is 0 Å². The van der Waals surface area contributed by atoms with Gasteiger partial charge in [-0.2, -0.15) is 0 Å². The van der Waals surface area contributed by atoms with Crippen molar-refractivity contribution in [2.75, 3.05) is 5.32 Å². The summed E-state index contributed by atoms with van der Waals surface area (Å²) in [5.74, 6) is -1.03. The molecular formula is C13H17BrN2O3. The summed E-state index contributed by atoms with van der Waals surface area (Å²) in [7, 11) is 0. The number of carboxylic acid groups (broad SMARTS) is 1. The largest absolute Gasteiger partial charge is 0.480 e. The third-order valence-electron chi connectivity index (χ3n) is 3.09. The smallest absolute Gasteiger partial charge is 0.329 e. The molecule has 6 heteroatoms. The van der Waals surface area contributed by atoms with E-state index in [1.807, 2.05) is 6.07 Å². The number of amides is 2. The second-order valence-electron chi connectivity index (χ2n) is 4.15. The molecule has 104 valence electrons. The lowest BCUT2D eigenvalue weighted by Crippen LogP contribution is -2.55. The Morgan fingerprint density at radius 1 is 1.26 bits per heavy atom. The van der Waals surface area contributed by atoms with E-state index in [1.54, 1.807) is 32.0 Å². The van der Waals surface area contributed by atoms with Gasteiger partial charge in [0.25, 0.3) is 0 Å². The normalized spacial score (nSPS) is 10.9. The molecule has 1 aromatic rings. The highest BCUT2D eigenvalue weighted by atomic mass is 79.9. The molecule has 0 unspecified atom stereocenters. The summed E-state index contributed by atoms with van der Waals surface area (Å²) in [4.78, 5) is 23.2. The lowest BCUT2D eigenvalue weighted by atomic mass is 9.93. The van der Waals surface area contributed by atoms with E-state index in [-0.39, 0.29) is 0 Å². The molecule has 0 atom stereocenters. The summed E-state index contributed by atoms with van der Waals surface area (Å²) >= 11 is 3.31. The summed E-state index contributed by atoms with van der Waals surface area (Å²) < 4.78 is 0.735. The number of hydrogen-bond acceptors (Lipinski definition) is 2. The summed E-state index contributed by atoms with van der Waals surface area (Å²) in [5.41, 5.74) is -0.641. The second kappa shape index (κ2) is 6.56. The van der Waals surface area contributed by atoms with Crippen molar-refractivity contribution in [3.05, 3.63) is 28.7 Å². The first-order chi connectivity index (χ1) is 8.95. The summed E-state index contributed by atoms with van der Waals surface area (Å²) in [6.07, 6.45) is 0.643. The Balaban J connectivity index is 2.80. The van der Waals surface area contributed by atoms with Gasteiger partial charge in [-0.05, 0) is 40.9 Å². The van der Waals surface area contributed by atoms with Crippen molar-refractivity contribution in [2.45, 2.75) is 32.2 Å². The van der Waals surface area contributed by atoms with Crippen molar-refractivity contribution in [1.29, 1.82) is 0 Å². The van der Waals surface area contributed by atoms with Gasteiger partial charge in [-0.25, -0.2) is 9.59 Å². The van der Waals surface area contributed by atoms with Crippen molar-refractivity contribution in [2.24, 2.45) is 0 Å². The molecule has 0 heterocycles. The van der Waals surface area contributed by atoms with Crippen LogP contribution in [-0.4, -0.2) is 22.6 Å². The third kappa shape index (κ3) is 3.70. The van der Waals surface area contributed by atoms with Crippen LogP contribution in [0.1, 0.15) is 26.7 Å².